The molecule has 2 aromatic carbocycles. The van der Waals surface area contributed by atoms with Crippen molar-refractivity contribution in [2.75, 3.05) is 6.61 Å². The molecule has 0 aliphatic heterocycles. The standard InChI is InChI=1S/C32H51O3P/c1-4-7-10-12-14-16-18-29-20-24-31(25-21-29)34-36(33-28-9-6-3)35-32-26-22-30(23-27-32)19-17-15-13-11-8-5-2/h20-27H,4-19,28H2,1-3H3. The monoisotopic (exact) mass is 514 g/mol. The van der Waals surface area contributed by atoms with Gasteiger partial charge in [0.15, 0.2) is 0 Å². The summed E-state index contributed by atoms with van der Waals surface area (Å²) >= 11 is 0. The van der Waals surface area contributed by atoms with Crippen LogP contribution in [0.2, 0.25) is 0 Å². The molecule has 3 nitrogen and oxygen atoms in total. The third kappa shape index (κ3) is 14.2. The highest BCUT2D eigenvalue weighted by molar-refractivity contribution is 7.42. The minimum absolute atomic E-state index is 0.647. The van der Waals surface area contributed by atoms with Crippen molar-refractivity contribution in [1.82, 2.24) is 0 Å². The maximum absolute atomic E-state index is 6.15. The molecule has 0 unspecified atom stereocenters. The average Bonchev–Trinajstić information content (AvgIpc) is 2.90. The van der Waals surface area contributed by atoms with Gasteiger partial charge in [0.1, 0.15) is 11.5 Å². The fraction of sp³-hybridized carbons (Fsp3) is 0.625. The Morgan fingerprint density at radius 3 is 1.28 bits per heavy atom. The Hall–Kier alpha value is -1.57. The lowest BCUT2D eigenvalue weighted by molar-refractivity contribution is 0.261. The first-order valence-electron chi connectivity index (χ1n) is 14.7. The Labute approximate surface area is 223 Å². The van der Waals surface area contributed by atoms with Gasteiger partial charge < -0.3 is 9.05 Å². The van der Waals surface area contributed by atoms with Crippen LogP contribution in [0.4, 0.5) is 0 Å². The Morgan fingerprint density at radius 1 is 0.472 bits per heavy atom. The van der Waals surface area contributed by atoms with E-state index < -0.39 is 8.60 Å². The Bertz CT molecular complexity index is 698. The maximum Gasteiger partial charge on any atom is 0.463 e. The Kier molecular flexibility index (Phi) is 17.4. The molecular weight excluding hydrogens is 463 g/mol. The van der Waals surface area contributed by atoms with E-state index in [-0.39, 0.29) is 0 Å². The minimum atomic E-state index is -1.48. The van der Waals surface area contributed by atoms with Crippen molar-refractivity contribution in [3.8, 4) is 11.5 Å². The van der Waals surface area contributed by atoms with E-state index in [9.17, 15) is 0 Å². The molecule has 0 aliphatic carbocycles. The van der Waals surface area contributed by atoms with Crippen molar-refractivity contribution in [3.05, 3.63) is 59.7 Å². The van der Waals surface area contributed by atoms with Crippen LogP contribution >= 0.6 is 8.60 Å². The lowest BCUT2D eigenvalue weighted by Gasteiger charge is -2.18. The molecule has 36 heavy (non-hydrogen) atoms. The fourth-order valence-electron chi connectivity index (χ4n) is 4.18. The topological polar surface area (TPSA) is 27.7 Å². The van der Waals surface area contributed by atoms with E-state index in [1.807, 2.05) is 0 Å². The molecule has 0 radical (unpaired) electrons. The van der Waals surface area contributed by atoms with Gasteiger partial charge in [0.05, 0.1) is 6.61 Å². The van der Waals surface area contributed by atoms with Crippen molar-refractivity contribution >= 4 is 8.60 Å². The summed E-state index contributed by atoms with van der Waals surface area (Å²) in [6.45, 7) is 7.35. The lowest BCUT2D eigenvalue weighted by atomic mass is 10.1. The second-order valence-corrected chi connectivity index (χ2v) is 11.0. The minimum Gasteiger partial charge on any atom is -0.418 e. The molecule has 0 amide bonds. The summed E-state index contributed by atoms with van der Waals surface area (Å²) in [5.74, 6) is 1.62. The van der Waals surface area contributed by atoms with Gasteiger partial charge in [-0.15, -0.1) is 0 Å². The van der Waals surface area contributed by atoms with Gasteiger partial charge in [-0.3, -0.25) is 4.52 Å². The molecular formula is C32H51O3P. The first kappa shape index (κ1) is 30.7. The summed E-state index contributed by atoms with van der Waals surface area (Å²) in [4.78, 5) is 0. The van der Waals surface area contributed by atoms with Crippen molar-refractivity contribution in [1.29, 1.82) is 0 Å². The van der Waals surface area contributed by atoms with E-state index in [1.54, 1.807) is 0 Å². The van der Waals surface area contributed by atoms with Gasteiger partial charge in [-0.2, -0.15) is 0 Å². The number of hydrogen-bond donors (Lipinski definition) is 0. The molecule has 0 fully saturated rings. The van der Waals surface area contributed by atoms with Gasteiger partial charge in [0.25, 0.3) is 0 Å². The number of hydrogen-bond acceptors (Lipinski definition) is 3. The van der Waals surface area contributed by atoms with E-state index in [2.05, 4.69) is 69.3 Å². The molecule has 0 saturated carbocycles. The first-order valence-corrected chi connectivity index (χ1v) is 15.8. The number of unbranched alkanes of at least 4 members (excludes halogenated alkanes) is 11. The van der Waals surface area contributed by atoms with Crippen LogP contribution in [0, 0.1) is 0 Å². The highest BCUT2D eigenvalue weighted by atomic mass is 31.2. The van der Waals surface area contributed by atoms with Crippen molar-refractivity contribution < 1.29 is 13.6 Å². The predicted octanol–water partition coefficient (Wildman–Crippen LogP) is 11.0. The van der Waals surface area contributed by atoms with E-state index in [4.69, 9.17) is 13.6 Å². The van der Waals surface area contributed by atoms with Crippen molar-refractivity contribution in [3.63, 3.8) is 0 Å². The zero-order valence-corrected chi connectivity index (χ0v) is 24.2. The number of aryl methyl sites for hydroxylation is 2. The van der Waals surface area contributed by atoms with Crippen LogP contribution in [-0.4, -0.2) is 6.61 Å². The summed E-state index contributed by atoms with van der Waals surface area (Å²) in [6.07, 6.45) is 20.3. The summed E-state index contributed by atoms with van der Waals surface area (Å²) in [5.41, 5.74) is 2.74. The smallest absolute Gasteiger partial charge is 0.418 e. The van der Waals surface area contributed by atoms with Gasteiger partial charge in [0, 0.05) is 0 Å². The molecule has 0 aliphatic rings. The molecule has 0 spiro atoms. The molecule has 0 saturated heterocycles. The molecule has 202 valence electrons. The second kappa shape index (κ2) is 20.5. The highest BCUT2D eigenvalue weighted by Crippen LogP contribution is 2.41. The van der Waals surface area contributed by atoms with Crippen molar-refractivity contribution in [2.45, 2.75) is 124 Å². The molecule has 2 rings (SSSR count). The Morgan fingerprint density at radius 2 is 0.861 bits per heavy atom. The van der Waals surface area contributed by atoms with Crippen LogP contribution in [0.5, 0.6) is 11.5 Å². The maximum atomic E-state index is 6.15. The molecule has 0 heterocycles. The zero-order chi connectivity index (χ0) is 25.7. The van der Waals surface area contributed by atoms with Gasteiger partial charge in [0.2, 0.25) is 0 Å². The lowest BCUT2D eigenvalue weighted by Crippen LogP contribution is -2.01. The van der Waals surface area contributed by atoms with Crippen LogP contribution in [0.3, 0.4) is 0 Å². The fourth-order valence-corrected chi connectivity index (χ4v) is 5.19. The van der Waals surface area contributed by atoms with Gasteiger partial charge >= 0.3 is 8.60 Å². The zero-order valence-electron chi connectivity index (χ0n) is 23.3. The van der Waals surface area contributed by atoms with E-state index in [1.165, 1.54) is 88.2 Å². The Balaban J connectivity index is 1.80. The van der Waals surface area contributed by atoms with Gasteiger partial charge in [-0.25, -0.2) is 0 Å². The molecule has 4 heteroatoms. The second-order valence-electron chi connectivity index (χ2n) is 9.92. The summed E-state index contributed by atoms with van der Waals surface area (Å²) in [6, 6.07) is 16.9. The van der Waals surface area contributed by atoms with Crippen LogP contribution in [0.1, 0.15) is 122 Å². The van der Waals surface area contributed by atoms with E-state index >= 15 is 0 Å². The van der Waals surface area contributed by atoms with Crippen LogP contribution in [0.25, 0.3) is 0 Å². The van der Waals surface area contributed by atoms with Crippen LogP contribution < -0.4 is 9.05 Å². The van der Waals surface area contributed by atoms with E-state index in [0.717, 1.165) is 37.2 Å². The summed E-state index contributed by atoms with van der Waals surface area (Å²) in [5, 5.41) is 0. The molecule has 2 aromatic rings. The van der Waals surface area contributed by atoms with Gasteiger partial charge in [-0.05, 0) is 67.5 Å². The highest BCUT2D eigenvalue weighted by Gasteiger charge is 2.17. The first-order chi connectivity index (χ1) is 17.7. The summed E-state index contributed by atoms with van der Waals surface area (Å²) < 4.78 is 18.3. The largest absolute Gasteiger partial charge is 0.463 e. The average molecular weight is 515 g/mol. The van der Waals surface area contributed by atoms with Gasteiger partial charge in [-0.1, -0.05) is 116 Å². The number of benzene rings is 2. The van der Waals surface area contributed by atoms with E-state index in [0.29, 0.717) is 6.61 Å². The quantitative estimate of drug-likeness (QED) is 0.115. The normalized spacial score (nSPS) is 11.2. The molecule has 0 aromatic heterocycles. The third-order valence-electron chi connectivity index (χ3n) is 6.54. The SMILES string of the molecule is CCCCCCCCc1ccc(OP(OCCCC)Oc2ccc(CCCCCCCC)cc2)cc1. The van der Waals surface area contributed by atoms with Crippen LogP contribution in [-0.2, 0) is 17.4 Å². The van der Waals surface area contributed by atoms with Crippen molar-refractivity contribution in [2.24, 2.45) is 0 Å². The summed E-state index contributed by atoms with van der Waals surface area (Å²) in [7, 11) is -1.48. The number of rotatable bonds is 22. The molecule has 0 atom stereocenters. The molecule has 0 bridgehead atoms. The van der Waals surface area contributed by atoms with Crippen LogP contribution in [0.15, 0.2) is 48.5 Å². The third-order valence-corrected chi connectivity index (χ3v) is 7.65. The predicted molar refractivity (Wildman–Crippen MR) is 156 cm³/mol. The molecule has 0 N–H and O–H groups in total.